The van der Waals surface area contributed by atoms with Crippen LogP contribution in [-0.4, -0.2) is 68.3 Å². The Morgan fingerprint density at radius 3 is 2.62 bits per heavy atom. The molecule has 1 saturated heterocycles. The molecule has 2 N–H and O–H groups in total. The van der Waals surface area contributed by atoms with Crippen LogP contribution < -0.4 is 20.1 Å². The second-order valence-electron chi connectivity index (χ2n) is 13.5. The Hall–Kier alpha value is -5.74. The predicted octanol–water partition coefficient (Wildman–Crippen LogP) is 5.08. The highest BCUT2D eigenvalue weighted by atomic mass is 35.5. The van der Waals surface area contributed by atoms with E-state index >= 15 is 0 Å². The number of piperidine rings is 1. The van der Waals surface area contributed by atoms with Crippen molar-refractivity contribution >= 4 is 35.2 Å². The van der Waals surface area contributed by atoms with Crippen LogP contribution in [0.4, 0.5) is 0 Å². The molecule has 3 heterocycles. The number of hydrogen-bond donors (Lipinski definition) is 2. The molecule has 7 rings (SSSR count). The summed E-state index contributed by atoms with van der Waals surface area (Å²) in [5.41, 5.74) is 3.98. The van der Waals surface area contributed by atoms with Gasteiger partial charge in [0.1, 0.15) is 29.7 Å². The van der Waals surface area contributed by atoms with E-state index in [9.17, 15) is 19.2 Å². The number of fused-ring (bicyclic) bond motifs is 1. The van der Waals surface area contributed by atoms with Crippen molar-refractivity contribution in [3.63, 3.8) is 0 Å². The lowest BCUT2D eigenvalue weighted by Gasteiger charge is -2.35. The maximum atomic E-state index is 13.0. The van der Waals surface area contributed by atoms with Crippen molar-refractivity contribution < 1.29 is 28.7 Å². The molecule has 13 nitrogen and oxygen atoms in total. The van der Waals surface area contributed by atoms with E-state index in [-0.39, 0.29) is 42.8 Å². The van der Waals surface area contributed by atoms with E-state index in [1.54, 1.807) is 47.1 Å². The zero-order valence-electron chi connectivity index (χ0n) is 28.9. The first-order chi connectivity index (χ1) is 25.7. The van der Waals surface area contributed by atoms with Gasteiger partial charge in [0.25, 0.3) is 11.8 Å². The molecule has 1 saturated carbocycles. The number of halogens is 1. The fourth-order valence-corrected chi connectivity index (χ4v) is 7.05. The van der Waals surface area contributed by atoms with Crippen LogP contribution in [-0.2, 0) is 22.6 Å². The first-order valence-electron chi connectivity index (χ1n) is 17.8. The second kappa shape index (κ2) is 15.9. The minimum absolute atomic E-state index is 0.0165. The molecule has 53 heavy (non-hydrogen) atoms. The molecule has 4 amide bonds. The summed E-state index contributed by atoms with van der Waals surface area (Å²) < 4.78 is 13.7. The topological polar surface area (TPSA) is 169 Å². The van der Waals surface area contributed by atoms with Crippen LogP contribution in [0.1, 0.15) is 88.9 Å². The van der Waals surface area contributed by atoms with Crippen molar-refractivity contribution in [2.75, 3.05) is 6.61 Å². The Kier molecular flexibility index (Phi) is 10.7. The highest BCUT2D eigenvalue weighted by molar-refractivity contribution is 6.31. The van der Waals surface area contributed by atoms with E-state index in [0.29, 0.717) is 59.1 Å². The highest BCUT2D eigenvalue weighted by Crippen LogP contribution is 2.34. The number of aromatic nitrogens is 3. The van der Waals surface area contributed by atoms with Gasteiger partial charge in [-0.25, -0.2) is 4.68 Å². The van der Waals surface area contributed by atoms with Gasteiger partial charge in [0, 0.05) is 48.1 Å². The van der Waals surface area contributed by atoms with Crippen LogP contribution in [0.25, 0.3) is 5.69 Å². The average molecular weight is 736 g/mol. The number of carbonyl (C=O) groups is 4. The van der Waals surface area contributed by atoms with Gasteiger partial charge >= 0.3 is 0 Å². The number of carbonyl (C=O) groups excluding carboxylic acids is 4. The number of aryl methyl sites for hydroxylation is 1. The van der Waals surface area contributed by atoms with E-state index in [0.717, 1.165) is 49.0 Å². The third-order valence-corrected chi connectivity index (χ3v) is 10.2. The SMILES string of the molecule is N#Cc1ccc(O[C@H]2C[C@H](NC(=O)c3ccc(-n4cc(CCCCCCOc5cccc6c5CN(C5CCC(=O)NC5=O)C6=O)nn4)cc3)C2)cc1Cl. The molecule has 2 aliphatic heterocycles. The third kappa shape index (κ3) is 8.18. The van der Waals surface area contributed by atoms with Gasteiger partial charge in [-0.2, -0.15) is 5.26 Å². The number of unbranched alkanes of at least 4 members (excludes halogenated alkanes) is 3. The Labute approximate surface area is 311 Å². The molecule has 1 atom stereocenters. The number of imide groups is 1. The second-order valence-corrected chi connectivity index (χ2v) is 13.9. The molecule has 2 fully saturated rings. The number of ether oxygens (including phenoxy) is 2. The molecule has 3 aromatic carbocycles. The Morgan fingerprint density at radius 1 is 1.04 bits per heavy atom. The minimum Gasteiger partial charge on any atom is -0.493 e. The molecule has 14 heteroatoms. The van der Waals surface area contributed by atoms with Crippen LogP contribution in [0.5, 0.6) is 11.5 Å². The van der Waals surface area contributed by atoms with Gasteiger partial charge in [0.05, 0.1) is 41.3 Å². The lowest BCUT2D eigenvalue weighted by Crippen LogP contribution is -2.52. The lowest BCUT2D eigenvalue weighted by molar-refractivity contribution is -0.136. The summed E-state index contributed by atoms with van der Waals surface area (Å²) in [5.74, 6) is 0.165. The van der Waals surface area contributed by atoms with Crippen molar-refractivity contribution in [2.45, 2.75) is 82.5 Å². The molecule has 0 spiro atoms. The standard InChI is InChI=1S/C39H38ClN7O6/c40-33-20-29(14-11-25(33)21-41)53-30-18-27(19-30)42-37(49)24-9-12-28(13-10-24)47-22-26(44-45-47)6-3-1-2-4-17-52-35-8-5-7-31-32(35)23-46(39(31)51)34-15-16-36(48)43-38(34)50/h5,7-14,20,22,27,30,34H,1-4,6,15-19,23H2,(H,42,49)(H,43,48,50)/t27-,30-,34?. The quantitative estimate of drug-likeness (QED) is 0.133. The number of rotatable bonds is 14. The van der Waals surface area contributed by atoms with Crippen molar-refractivity contribution in [3.8, 4) is 23.3 Å². The zero-order chi connectivity index (χ0) is 36.9. The van der Waals surface area contributed by atoms with Gasteiger partial charge in [0.2, 0.25) is 11.8 Å². The van der Waals surface area contributed by atoms with Crippen LogP contribution in [0.15, 0.2) is 66.9 Å². The van der Waals surface area contributed by atoms with Gasteiger partial charge < -0.3 is 19.7 Å². The monoisotopic (exact) mass is 735 g/mol. The van der Waals surface area contributed by atoms with Crippen molar-refractivity contribution in [1.29, 1.82) is 5.26 Å². The summed E-state index contributed by atoms with van der Waals surface area (Å²) in [6.45, 7) is 0.798. The van der Waals surface area contributed by atoms with Crippen LogP contribution >= 0.6 is 11.6 Å². The summed E-state index contributed by atoms with van der Waals surface area (Å²) in [6, 6.07) is 19.0. The van der Waals surface area contributed by atoms with Gasteiger partial charge in [-0.05, 0) is 74.2 Å². The lowest BCUT2D eigenvalue weighted by atomic mass is 9.89. The summed E-state index contributed by atoms with van der Waals surface area (Å²) in [6.07, 6.45) is 8.33. The zero-order valence-corrected chi connectivity index (χ0v) is 29.7. The molecule has 4 aromatic rings. The number of amides is 4. The summed E-state index contributed by atoms with van der Waals surface area (Å²) in [7, 11) is 0. The van der Waals surface area contributed by atoms with Crippen molar-refractivity contribution in [3.05, 3.63) is 99.8 Å². The molecular formula is C39H38ClN7O6. The van der Waals surface area contributed by atoms with E-state index < -0.39 is 11.9 Å². The van der Waals surface area contributed by atoms with E-state index in [4.69, 9.17) is 26.3 Å². The molecule has 272 valence electrons. The smallest absolute Gasteiger partial charge is 0.255 e. The molecule has 0 radical (unpaired) electrons. The minimum atomic E-state index is -0.654. The number of hydrogen-bond acceptors (Lipinski definition) is 9. The maximum Gasteiger partial charge on any atom is 0.255 e. The first-order valence-corrected chi connectivity index (χ1v) is 18.2. The van der Waals surface area contributed by atoms with Crippen LogP contribution in [0.3, 0.4) is 0 Å². The fraction of sp³-hybridized carbons (Fsp3) is 0.359. The maximum absolute atomic E-state index is 13.0. The van der Waals surface area contributed by atoms with E-state index in [1.165, 1.54) is 4.90 Å². The van der Waals surface area contributed by atoms with Crippen molar-refractivity contribution in [2.24, 2.45) is 0 Å². The summed E-state index contributed by atoms with van der Waals surface area (Å²) >= 11 is 6.09. The average Bonchev–Trinajstić information content (AvgIpc) is 3.75. The van der Waals surface area contributed by atoms with E-state index in [2.05, 4.69) is 20.9 Å². The van der Waals surface area contributed by atoms with Gasteiger partial charge in [-0.15, -0.1) is 5.10 Å². The number of nitrogens with zero attached hydrogens (tertiary/aromatic N) is 5. The normalized spacial score (nSPS) is 19.2. The number of nitrogens with one attached hydrogen (secondary N) is 2. The van der Waals surface area contributed by atoms with Gasteiger partial charge in [-0.3, -0.25) is 24.5 Å². The predicted molar refractivity (Wildman–Crippen MR) is 193 cm³/mol. The molecule has 1 aliphatic carbocycles. The van der Waals surface area contributed by atoms with E-state index in [1.807, 2.05) is 30.5 Å². The Morgan fingerprint density at radius 2 is 1.85 bits per heavy atom. The third-order valence-electron chi connectivity index (χ3n) is 9.85. The molecule has 1 aromatic heterocycles. The van der Waals surface area contributed by atoms with Crippen LogP contribution in [0, 0.1) is 11.3 Å². The summed E-state index contributed by atoms with van der Waals surface area (Å²) in [5, 5.41) is 23.4. The Balaban J connectivity index is 0.795. The van der Waals surface area contributed by atoms with Crippen LogP contribution in [0.2, 0.25) is 5.02 Å². The van der Waals surface area contributed by atoms with Gasteiger partial charge in [0.15, 0.2) is 0 Å². The fourth-order valence-electron chi connectivity index (χ4n) is 6.84. The molecular weight excluding hydrogens is 698 g/mol. The molecule has 3 aliphatic rings. The highest BCUT2D eigenvalue weighted by Gasteiger charge is 2.40. The first kappa shape index (κ1) is 35.7. The van der Waals surface area contributed by atoms with Gasteiger partial charge in [-0.1, -0.05) is 35.7 Å². The largest absolute Gasteiger partial charge is 0.493 e. The molecule has 1 unspecified atom stereocenters. The molecule has 0 bridgehead atoms. The number of benzene rings is 3. The number of nitriles is 1. The summed E-state index contributed by atoms with van der Waals surface area (Å²) in [4.78, 5) is 51.3. The Bertz CT molecular complexity index is 2070. The van der Waals surface area contributed by atoms with Crippen molar-refractivity contribution in [1.82, 2.24) is 30.5 Å².